The van der Waals surface area contributed by atoms with E-state index in [4.69, 9.17) is 5.26 Å². The molecule has 23 heavy (non-hydrogen) atoms. The van der Waals surface area contributed by atoms with E-state index in [1.54, 1.807) is 12.3 Å². The molecule has 1 aromatic heterocycles. The third-order valence-electron chi connectivity index (χ3n) is 2.63. The molecule has 0 amide bonds. The van der Waals surface area contributed by atoms with Gasteiger partial charge < -0.3 is 9.72 Å². The van der Waals surface area contributed by atoms with Gasteiger partial charge in [0.1, 0.15) is 28.9 Å². The Morgan fingerprint density at radius 3 is 2.65 bits per heavy atom. The van der Waals surface area contributed by atoms with E-state index in [1.807, 2.05) is 0 Å². The third-order valence-corrected chi connectivity index (χ3v) is 3.21. The van der Waals surface area contributed by atoms with E-state index >= 15 is 0 Å². The Bertz CT molecular complexity index is 843. The van der Waals surface area contributed by atoms with Crippen molar-refractivity contribution in [1.82, 2.24) is 9.97 Å². The number of thioether (sulfide) groups is 1. The number of ether oxygens (including phenoxy) is 1. The predicted octanol–water partition coefficient (Wildman–Crippen LogP) is 3.07. The summed E-state index contributed by atoms with van der Waals surface area (Å²) in [6.07, 6.45) is -3.50. The first-order valence-corrected chi connectivity index (χ1v) is 7.11. The van der Waals surface area contributed by atoms with Crippen LogP contribution in [0.1, 0.15) is 5.56 Å². The average molecular weight is 345 g/mol. The van der Waals surface area contributed by atoms with Crippen molar-refractivity contribution in [2.45, 2.75) is 11.5 Å². The van der Waals surface area contributed by atoms with Gasteiger partial charge >= 0.3 is 6.36 Å². The molecule has 10 heteroatoms. The van der Waals surface area contributed by atoms with Crippen molar-refractivity contribution in [1.29, 1.82) is 5.26 Å². The SMILES string of the molecule is CSc1nc(-c2ccc(F)cc2OC(F)(F)F)c(C#N)c(=O)[nH]1. The molecule has 0 saturated carbocycles. The molecule has 0 fully saturated rings. The molecule has 2 aromatic rings. The topological polar surface area (TPSA) is 78.8 Å². The third kappa shape index (κ3) is 3.81. The van der Waals surface area contributed by atoms with Crippen LogP contribution in [0.5, 0.6) is 5.75 Å². The first-order chi connectivity index (χ1) is 10.7. The van der Waals surface area contributed by atoms with E-state index < -0.39 is 29.1 Å². The van der Waals surface area contributed by atoms with Crippen LogP contribution < -0.4 is 10.3 Å². The van der Waals surface area contributed by atoms with Crippen LogP contribution in [0.4, 0.5) is 17.6 Å². The van der Waals surface area contributed by atoms with E-state index in [2.05, 4.69) is 14.7 Å². The maximum absolute atomic E-state index is 13.2. The number of nitriles is 1. The largest absolute Gasteiger partial charge is 0.573 e. The van der Waals surface area contributed by atoms with Gasteiger partial charge in [-0.05, 0) is 18.4 Å². The molecule has 5 nitrogen and oxygen atoms in total. The fourth-order valence-corrected chi connectivity index (χ4v) is 2.13. The summed E-state index contributed by atoms with van der Waals surface area (Å²) in [4.78, 5) is 18.1. The van der Waals surface area contributed by atoms with E-state index in [-0.39, 0.29) is 16.4 Å². The molecular formula is C13H7F4N3O2S. The molecule has 0 radical (unpaired) electrons. The van der Waals surface area contributed by atoms with Gasteiger partial charge in [0.25, 0.3) is 5.56 Å². The molecule has 1 aromatic carbocycles. The van der Waals surface area contributed by atoms with Crippen LogP contribution in [0, 0.1) is 17.1 Å². The number of H-pyrrole nitrogens is 1. The number of hydrogen-bond donors (Lipinski definition) is 1. The number of hydrogen-bond acceptors (Lipinski definition) is 5. The molecule has 0 atom stereocenters. The number of aromatic nitrogens is 2. The predicted molar refractivity (Wildman–Crippen MR) is 73.4 cm³/mol. The molecule has 0 aliphatic carbocycles. The molecule has 0 saturated heterocycles. The molecule has 0 unspecified atom stereocenters. The zero-order chi connectivity index (χ0) is 17.2. The summed E-state index contributed by atoms with van der Waals surface area (Å²) in [5, 5.41) is 9.14. The Kier molecular flexibility index (Phi) is 4.60. The monoisotopic (exact) mass is 345 g/mol. The Balaban J connectivity index is 2.74. The molecule has 120 valence electrons. The molecule has 2 rings (SSSR count). The molecule has 1 heterocycles. The quantitative estimate of drug-likeness (QED) is 0.525. The highest BCUT2D eigenvalue weighted by molar-refractivity contribution is 7.98. The highest BCUT2D eigenvalue weighted by Crippen LogP contribution is 2.34. The Morgan fingerprint density at radius 1 is 1.39 bits per heavy atom. The second kappa shape index (κ2) is 6.29. The zero-order valence-corrected chi connectivity index (χ0v) is 12.2. The van der Waals surface area contributed by atoms with Crippen LogP contribution in [-0.2, 0) is 0 Å². The number of rotatable bonds is 3. The first-order valence-electron chi connectivity index (χ1n) is 5.89. The molecule has 1 N–H and O–H groups in total. The van der Waals surface area contributed by atoms with Crippen molar-refractivity contribution in [3.8, 4) is 23.1 Å². The average Bonchev–Trinajstić information content (AvgIpc) is 2.45. The minimum Gasteiger partial charge on any atom is -0.405 e. The smallest absolute Gasteiger partial charge is 0.405 e. The zero-order valence-electron chi connectivity index (χ0n) is 11.4. The van der Waals surface area contributed by atoms with Crippen LogP contribution in [0.3, 0.4) is 0 Å². The molecule has 0 aliphatic heterocycles. The highest BCUT2D eigenvalue weighted by atomic mass is 32.2. The molecule has 0 spiro atoms. The van der Waals surface area contributed by atoms with Gasteiger partial charge in [-0.1, -0.05) is 11.8 Å². The number of nitrogens with one attached hydrogen (secondary N) is 1. The summed E-state index contributed by atoms with van der Waals surface area (Å²) in [5.74, 6) is -1.86. The number of alkyl halides is 3. The number of nitrogens with zero attached hydrogens (tertiary/aromatic N) is 2. The van der Waals surface area contributed by atoms with Gasteiger partial charge in [-0.15, -0.1) is 13.2 Å². The van der Waals surface area contributed by atoms with E-state index in [0.29, 0.717) is 6.07 Å². The Hall–Kier alpha value is -2.54. The van der Waals surface area contributed by atoms with Crippen molar-refractivity contribution < 1.29 is 22.3 Å². The molecule has 0 bridgehead atoms. The summed E-state index contributed by atoms with van der Waals surface area (Å²) in [6.45, 7) is 0. The van der Waals surface area contributed by atoms with Gasteiger partial charge in [0.05, 0.1) is 0 Å². The summed E-state index contributed by atoms with van der Waals surface area (Å²) in [7, 11) is 0. The second-order valence-corrected chi connectivity index (χ2v) is 4.89. The maximum atomic E-state index is 13.2. The van der Waals surface area contributed by atoms with Gasteiger partial charge in [-0.2, -0.15) is 5.26 Å². The lowest BCUT2D eigenvalue weighted by atomic mass is 10.1. The van der Waals surface area contributed by atoms with E-state index in [1.165, 1.54) is 0 Å². The van der Waals surface area contributed by atoms with Gasteiger partial charge in [-0.25, -0.2) is 9.37 Å². The minimum absolute atomic E-state index is 0.0892. The van der Waals surface area contributed by atoms with Crippen LogP contribution >= 0.6 is 11.8 Å². The lowest BCUT2D eigenvalue weighted by Crippen LogP contribution is -2.19. The number of benzene rings is 1. The maximum Gasteiger partial charge on any atom is 0.573 e. The highest BCUT2D eigenvalue weighted by Gasteiger charge is 2.33. The van der Waals surface area contributed by atoms with E-state index in [9.17, 15) is 22.4 Å². The summed E-state index contributed by atoms with van der Waals surface area (Å²) in [5.41, 5.74) is -1.95. The van der Waals surface area contributed by atoms with Crippen LogP contribution in [-0.4, -0.2) is 22.6 Å². The van der Waals surface area contributed by atoms with Crippen molar-refractivity contribution in [2.75, 3.05) is 6.26 Å². The fraction of sp³-hybridized carbons (Fsp3) is 0.154. The first kappa shape index (κ1) is 16.8. The summed E-state index contributed by atoms with van der Waals surface area (Å²) < 4.78 is 54.4. The number of halogens is 4. The van der Waals surface area contributed by atoms with Crippen LogP contribution in [0.25, 0.3) is 11.3 Å². The molecular weight excluding hydrogens is 338 g/mol. The summed E-state index contributed by atoms with van der Waals surface area (Å²) >= 11 is 1.02. The number of aromatic amines is 1. The van der Waals surface area contributed by atoms with Crippen molar-refractivity contribution >= 4 is 11.8 Å². The van der Waals surface area contributed by atoms with Crippen molar-refractivity contribution in [3.63, 3.8) is 0 Å². The van der Waals surface area contributed by atoms with Crippen LogP contribution in [0.15, 0.2) is 28.2 Å². The molecule has 0 aliphatic rings. The van der Waals surface area contributed by atoms with Gasteiger partial charge in [-0.3, -0.25) is 4.79 Å². The lowest BCUT2D eigenvalue weighted by molar-refractivity contribution is -0.274. The minimum atomic E-state index is -5.07. The van der Waals surface area contributed by atoms with Gasteiger partial charge in [0.2, 0.25) is 0 Å². The van der Waals surface area contributed by atoms with Gasteiger partial charge in [0, 0.05) is 11.6 Å². The lowest BCUT2D eigenvalue weighted by Gasteiger charge is -2.14. The van der Waals surface area contributed by atoms with Gasteiger partial charge in [0.15, 0.2) is 5.16 Å². The fourth-order valence-electron chi connectivity index (χ4n) is 1.75. The standard InChI is InChI=1S/C13H7F4N3O2S/c1-23-12-19-10(8(5-18)11(21)20-12)7-3-2-6(14)4-9(7)22-13(15,16)17/h2-4H,1H3,(H,19,20,21). The van der Waals surface area contributed by atoms with Crippen molar-refractivity contribution in [3.05, 3.63) is 39.9 Å². The Morgan fingerprint density at radius 2 is 2.09 bits per heavy atom. The second-order valence-electron chi connectivity index (χ2n) is 4.10. The Labute approximate surface area is 130 Å². The van der Waals surface area contributed by atoms with Crippen LogP contribution in [0.2, 0.25) is 0 Å². The van der Waals surface area contributed by atoms with E-state index in [0.717, 1.165) is 23.9 Å². The van der Waals surface area contributed by atoms with Crippen molar-refractivity contribution in [2.24, 2.45) is 0 Å². The normalized spacial score (nSPS) is 11.1. The summed E-state index contributed by atoms with van der Waals surface area (Å²) in [6, 6.07) is 3.92.